The third-order valence-electron chi connectivity index (χ3n) is 4.36. The molecule has 2 atom stereocenters. The summed E-state index contributed by atoms with van der Waals surface area (Å²) in [5, 5.41) is 14.2. The van der Waals surface area contributed by atoms with Gasteiger partial charge in [0.25, 0.3) is 0 Å². The van der Waals surface area contributed by atoms with Crippen LogP contribution < -0.4 is 5.32 Å². The van der Waals surface area contributed by atoms with Gasteiger partial charge in [-0.2, -0.15) is 5.11 Å². The molecule has 1 aromatic carbocycles. The van der Waals surface area contributed by atoms with E-state index < -0.39 is 0 Å². The maximum Gasteiger partial charge on any atom is 0.146 e. The molecule has 0 bridgehead atoms. The van der Waals surface area contributed by atoms with Gasteiger partial charge in [-0.15, -0.1) is 0 Å². The van der Waals surface area contributed by atoms with Crippen LogP contribution in [0.25, 0.3) is 0 Å². The van der Waals surface area contributed by atoms with Gasteiger partial charge in [0.1, 0.15) is 5.82 Å². The zero-order valence-electron chi connectivity index (χ0n) is 16.1. The van der Waals surface area contributed by atoms with Gasteiger partial charge in [-0.3, -0.25) is 5.01 Å². The fourth-order valence-corrected chi connectivity index (χ4v) is 2.25. The van der Waals surface area contributed by atoms with Crippen molar-refractivity contribution in [2.24, 2.45) is 16.3 Å². The van der Waals surface area contributed by atoms with Crippen LogP contribution in [0.4, 0.5) is 10.1 Å². The van der Waals surface area contributed by atoms with Crippen LogP contribution >= 0.6 is 11.6 Å². The van der Waals surface area contributed by atoms with Gasteiger partial charge in [0.15, 0.2) is 0 Å². The zero-order valence-corrected chi connectivity index (χ0v) is 16.8. The fourth-order valence-electron chi connectivity index (χ4n) is 2.07. The summed E-state index contributed by atoms with van der Waals surface area (Å²) in [4.78, 5) is 0. The van der Waals surface area contributed by atoms with Gasteiger partial charge in [0.2, 0.25) is 0 Å². The van der Waals surface area contributed by atoms with Crippen molar-refractivity contribution in [3.8, 4) is 0 Å². The van der Waals surface area contributed by atoms with Crippen LogP contribution in [0.1, 0.15) is 41.0 Å². The van der Waals surface area contributed by atoms with Crippen LogP contribution in [0.3, 0.4) is 0 Å². The number of hydrogen-bond donors (Lipinski definition) is 1. The summed E-state index contributed by atoms with van der Waals surface area (Å²) in [6, 6.07) is 4.72. The largest absolute Gasteiger partial charge is 0.376 e. The molecule has 0 saturated carbocycles. The van der Waals surface area contributed by atoms with Gasteiger partial charge >= 0.3 is 0 Å². The molecule has 0 fully saturated rings. The molecule has 6 heteroatoms. The van der Waals surface area contributed by atoms with Crippen LogP contribution in [-0.2, 0) is 0 Å². The molecule has 0 amide bonds. The smallest absolute Gasteiger partial charge is 0.146 e. The van der Waals surface area contributed by atoms with Crippen LogP contribution in [-0.4, -0.2) is 30.7 Å². The third-order valence-corrected chi connectivity index (χ3v) is 4.59. The van der Waals surface area contributed by atoms with E-state index in [0.29, 0.717) is 23.2 Å². The number of halogens is 2. The quantitative estimate of drug-likeness (QED) is 0.332. The summed E-state index contributed by atoms with van der Waals surface area (Å²) >= 11 is 5.98. The van der Waals surface area contributed by atoms with Crippen LogP contribution in [0.15, 0.2) is 40.2 Å². The molecule has 1 rings (SSSR count). The average molecular weight is 369 g/mol. The number of anilines is 1. The Kier molecular flexibility index (Phi) is 8.90. The third kappa shape index (κ3) is 7.43. The number of rotatable bonds is 9. The summed E-state index contributed by atoms with van der Waals surface area (Å²) in [5.74, 6) is 0.153. The Bertz CT molecular complexity index is 601. The Morgan fingerprint density at radius 2 is 2.04 bits per heavy atom. The lowest BCUT2D eigenvalue weighted by Gasteiger charge is -2.23. The Morgan fingerprint density at radius 3 is 2.64 bits per heavy atom. The van der Waals surface area contributed by atoms with Crippen LogP contribution in [0, 0.1) is 11.7 Å². The minimum absolute atomic E-state index is 0.00172. The average Bonchev–Trinajstić information content (AvgIpc) is 2.58. The van der Waals surface area contributed by atoms with Crippen molar-refractivity contribution in [3.05, 3.63) is 40.7 Å². The van der Waals surface area contributed by atoms with Crippen LogP contribution in [0.5, 0.6) is 0 Å². The molecule has 140 valence electrons. The molecule has 0 spiro atoms. The van der Waals surface area contributed by atoms with E-state index in [1.807, 2.05) is 32.0 Å². The summed E-state index contributed by atoms with van der Waals surface area (Å²) in [6.45, 7) is 11.0. The summed E-state index contributed by atoms with van der Waals surface area (Å²) < 4.78 is 14.0. The summed E-state index contributed by atoms with van der Waals surface area (Å²) in [7, 11) is 1.90. The number of benzene rings is 1. The second kappa shape index (κ2) is 10.4. The van der Waals surface area contributed by atoms with E-state index in [9.17, 15) is 4.39 Å². The van der Waals surface area contributed by atoms with E-state index in [-0.39, 0.29) is 17.9 Å². The Labute approximate surface area is 156 Å². The highest BCUT2D eigenvalue weighted by Gasteiger charge is 2.14. The van der Waals surface area contributed by atoms with Crippen molar-refractivity contribution in [1.82, 2.24) is 5.01 Å². The zero-order chi connectivity index (χ0) is 19.0. The SMILES string of the molecule is C/C=C(\C)C(CCN(C)N=N[C@H](C)C(C)C)Nc1cc(Cl)ccc1F. The van der Waals surface area contributed by atoms with E-state index in [4.69, 9.17) is 11.6 Å². The molecule has 25 heavy (non-hydrogen) atoms. The normalized spacial score (nSPS) is 14.8. The number of nitrogens with zero attached hydrogens (tertiary/aromatic N) is 3. The maximum atomic E-state index is 14.0. The molecule has 0 aliphatic heterocycles. The van der Waals surface area contributed by atoms with Crippen molar-refractivity contribution in [2.75, 3.05) is 18.9 Å². The summed E-state index contributed by atoms with van der Waals surface area (Å²) in [6.07, 6.45) is 2.80. The lowest BCUT2D eigenvalue weighted by atomic mass is 10.0. The first-order valence-electron chi connectivity index (χ1n) is 8.70. The minimum Gasteiger partial charge on any atom is -0.376 e. The highest BCUT2D eigenvalue weighted by Crippen LogP contribution is 2.23. The molecule has 1 unspecified atom stereocenters. The molecule has 0 saturated heterocycles. The van der Waals surface area contributed by atoms with E-state index >= 15 is 0 Å². The van der Waals surface area contributed by atoms with Gasteiger partial charge in [-0.05, 0) is 51.3 Å². The van der Waals surface area contributed by atoms with E-state index in [0.717, 1.165) is 12.0 Å². The fraction of sp³-hybridized carbons (Fsp3) is 0.579. The predicted molar refractivity (Wildman–Crippen MR) is 105 cm³/mol. The number of hydrogen-bond acceptors (Lipinski definition) is 3. The molecule has 4 nitrogen and oxygen atoms in total. The molecule has 1 N–H and O–H groups in total. The highest BCUT2D eigenvalue weighted by molar-refractivity contribution is 6.30. The van der Waals surface area contributed by atoms with E-state index in [1.165, 1.54) is 6.07 Å². The Balaban J connectivity index is 2.73. The van der Waals surface area contributed by atoms with Gasteiger partial charge in [-0.25, -0.2) is 4.39 Å². The Hall–Kier alpha value is -1.62. The number of nitrogens with one attached hydrogen (secondary N) is 1. The predicted octanol–water partition coefficient (Wildman–Crippen LogP) is 5.96. The van der Waals surface area contributed by atoms with Crippen molar-refractivity contribution < 1.29 is 4.39 Å². The first-order valence-corrected chi connectivity index (χ1v) is 9.08. The van der Waals surface area contributed by atoms with Crippen molar-refractivity contribution in [1.29, 1.82) is 0 Å². The highest BCUT2D eigenvalue weighted by atomic mass is 35.5. The lowest BCUT2D eigenvalue weighted by Crippen LogP contribution is -2.27. The summed E-state index contributed by atoms with van der Waals surface area (Å²) in [5.41, 5.74) is 1.55. The van der Waals surface area contributed by atoms with E-state index in [1.54, 1.807) is 12.1 Å². The van der Waals surface area contributed by atoms with Crippen molar-refractivity contribution >= 4 is 17.3 Å². The molecular formula is C19H30ClFN4. The molecule has 0 radical (unpaired) electrons. The molecule has 0 aliphatic rings. The van der Waals surface area contributed by atoms with Crippen molar-refractivity contribution in [3.63, 3.8) is 0 Å². The topological polar surface area (TPSA) is 40.0 Å². The second-order valence-corrected chi connectivity index (χ2v) is 7.15. The second-order valence-electron chi connectivity index (χ2n) is 6.71. The Morgan fingerprint density at radius 1 is 1.36 bits per heavy atom. The van der Waals surface area contributed by atoms with E-state index in [2.05, 4.69) is 36.4 Å². The first-order chi connectivity index (χ1) is 11.7. The molecular weight excluding hydrogens is 339 g/mol. The van der Waals surface area contributed by atoms with Gasteiger partial charge in [0.05, 0.1) is 11.7 Å². The number of allylic oxidation sites excluding steroid dienone is 1. The van der Waals surface area contributed by atoms with Gasteiger partial charge in [0, 0.05) is 24.7 Å². The van der Waals surface area contributed by atoms with Gasteiger partial charge < -0.3 is 5.32 Å². The minimum atomic E-state index is -0.308. The van der Waals surface area contributed by atoms with Crippen LogP contribution in [0.2, 0.25) is 5.02 Å². The first kappa shape index (κ1) is 21.4. The maximum absolute atomic E-state index is 14.0. The molecule has 0 aliphatic carbocycles. The van der Waals surface area contributed by atoms with Crippen molar-refractivity contribution in [2.45, 2.75) is 53.1 Å². The standard InChI is InChI=1S/C19H30ClFN4/c1-7-14(4)18(22-19-12-16(20)8-9-17(19)21)10-11-25(6)24-23-15(5)13(2)3/h7-9,12-13,15,18,22H,10-11H2,1-6H3/b14-7+,24-23?/t15-,18?/m1/s1. The molecule has 1 aromatic rings. The van der Waals surface area contributed by atoms with Gasteiger partial charge in [-0.1, -0.05) is 42.3 Å². The monoisotopic (exact) mass is 368 g/mol. The molecule has 0 aromatic heterocycles. The molecule has 0 heterocycles. The lowest BCUT2D eigenvalue weighted by molar-refractivity contribution is 0.304.